The fraction of sp³-hybridized carbons (Fsp3) is 0.150. The van der Waals surface area contributed by atoms with Crippen molar-refractivity contribution in [3.8, 4) is 11.8 Å². The molecule has 0 saturated carbocycles. The normalized spacial score (nSPS) is 10.2. The largest absolute Gasteiger partial charge is 0.380 e. The Morgan fingerprint density at radius 3 is 2.78 bits per heavy atom. The first kappa shape index (κ1) is 14.9. The summed E-state index contributed by atoms with van der Waals surface area (Å²) in [6.45, 7) is 6.51. The van der Waals surface area contributed by atoms with Gasteiger partial charge in [0.15, 0.2) is 0 Å². The van der Waals surface area contributed by atoms with Crippen molar-refractivity contribution in [3.05, 3.63) is 72.1 Å². The fourth-order valence-electron chi connectivity index (χ4n) is 2.42. The lowest BCUT2D eigenvalue weighted by Gasteiger charge is -2.03. The van der Waals surface area contributed by atoms with Crippen molar-refractivity contribution in [2.75, 3.05) is 11.9 Å². The Hall–Kier alpha value is -2.99. The number of hydrogen-bond acceptors (Lipinski definition) is 2. The number of pyridine rings is 1. The summed E-state index contributed by atoms with van der Waals surface area (Å²) < 4.78 is 2.01. The van der Waals surface area contributed by atoms with Gasteiger partial charge in [0.05, 0.1) is 17.4 Å². The molecule has 0 aliphatic heterocycles. The minimum absolute atomic E-state index is 0.713. The molecular weight excluding hydrogens is 282 g/mol. The number of aromatic nitrogens is 2. The highest BCUT2D eigenvalue weighted by molar-refractivity contribution is 5.86. The van der Waals surface area contributed by atoms with E-state index in [4.69, 9.17) is 0 Å². The first-order valence-electron chi connectivity index (χ1n) is 7.56. The van der Waals surface area contributed by atoms with Crippen molar-refractivity contribution < 1.29 is 0 Å². The molecule has 0 fully saturated rings. The predicted octanol–water partition coefficient (Wildman–Crippen LogP) is 3.88. The van der Waals surface area contributed by atoms with Gasteiger partial charge in [-0.15, -0.1) is 6.58 Å². The van der Waals surface area contributed by atoms with Crippen molar-refractivity contribution >= 4 is 16.7 Å². The zero-order chi connectivity index (χ0) is 16.2. The summed E-state index contributed by atoms with van der Waals surface area (Å²) in [6.07, 6.45) is 5.69. The lowest BCUT2D eigenvalue weighted by Crippen LogP contribution is -1.98. The molecule has 2 aromatic heterocycles. The maximum atomic E-state index is 4.52. The molecule has 23 heavy (non-hydrogen) atoms. The molecule has 0 bridgehead atoms. The zero-order valence-corrected chi connectivity index (χ0v) is 13.4. The van der Waals surface area contributed by atoms with Gasteiger partial charge in [-0.25, -0.2) is 4.98 Å². The van der Waals surface area contributed by atoms with E-state index >= 15 is 0 Å². The van der Waals surface area contributed by atoms with E-state index in [1.165, 1.54) is 5.56 Å². The summed E-state index contributed by atoms with van der Waals surface area (Å²) in [6, 6.07) is 10.3. The highest BCUT2D eigenvalue weighted by Gasteiger charge is 2.07. The van der Waals surface area contributed by atoms with Crippen LogP contribution in [0, 0.1) is 18.8 Å². The van der Waals surface area contributed by atoms with Crippen LogP contribution in [-0.2, 0) is 7.05 Å². The summed E-state index contributed by atoms with van der Waals surface area (Å²) >= 11 is 0. The monoisotopic (exact) mass is 301 g/mol. The van der Waals surface area contributed by atoms with Gasteiger partial charge in [0.2, 0.25) is 0 Å². The van der Waals surface area contributed by atoms with Crippen molar-refractivity contribution in [1.82, 2.24) is 9.55 Å². The number of rotatable bonds is 3. The molecule has 0 atom stereocenters. The zero-order valence-electron chi connectivity index (χ0n) is 13.4. The van der Waals surface area contributed by atoms with Gasteiger partial charge in [-0.3, -0.25) is 0 Å². The van der Waals surface area contributed by atoms with Gasteiger partial charge >= 0.3 is 0 Å². The molecule has 0 saturated heterocycles. The van der Waals surface area contributed by atoms with Crippen LogP contribution in [-0.4, -0.2) is 16.1 Å². The third-order valence-corrected chi connectivity index (χ3v) is 3.66. The minimum Gasteiger partial charge on any atom is -0.380 e. The molecule has 0 radical (unpaired) electrons. The van der Waals surface area contributed by atoms with Crippen LogP contribution in [0.2, 0.25) is 0 Å². The summed E-state index contributed by atoms with van der Waals surface area (Å²) in [5, 5.41) is 4.32. The fourth-order valence-corrected chi connectivity index (χ4v) is 2.42. The maximum absolute atomic E-state index is 4.52. The van der Waals surface area contributed by atoms with Gasteiger partial charge in [-0.05, 0) is 25.1 Å². The molecule has 3 heteroatoms. The predicted molar refractivity (Wildman–Crippen MR) is 96.6 cm³/mol. The van der Waals surface area contributed by atoms with Gasteiger partial charge < -0.3 is 9.88 Å². The van der Waals surface area contributed by atoms with Crippen LogP contribution in [0.25, 0.3) is 11.0 Å². The Labute approximate surface area is 136 Å². The maximum Gasteiger partial charge on any atom is 0.141 e. The Morgan fingerprint density at radius 2 is 2.04 bits per heavy atom. The number of fused-ring (bicyclic) bond motifs is 1. The first-order chi connectivity index (χ1) is 11.2. The van der Waals surface area contributed by atoms with Crippen LogP contribution in [0.15, 0.2) is 55.4 Å². The van der Waals surface area contributed by atoms with Crippen molar-refractivity contribution in [2.24, 2.45) is 7.05 Å². The first-order valence-corrected chi connectivity index (χ1v) is 7.56. The summed E-state index contributed by atoms with van der Waals surface area (Å²) in [5.41, 5.74) is 5.14. The van der Waals surface area contributed by atoms with E-state index in [9.17, 15) is 0 Å². The molecule has 3 aromatic rings. The Balaban J connectivity index is 2.00. The van der Waals surface area contributed by atoms with E-state index in [0.29, 0.717) is 6.54 Å². The lowest BCUT2D eigenvalue weighted by molar-refractivity contribution is 0.947. The SMILES string of the molecule is C=CCNc1cnc2c(c1)c(C#Cc1ccc(C)cc1)cn2C. The number of nitrogens with one attached hydrogen (secondary N) is 1. The molecule has 0 unspecified atom stereocenters. The second-order valence-corrected chi connectivity index (χ2v) is 5.53. The van der Waals surface area contributed by atoms with Crippen LogP contribution in [0.3, 0.4) is 0 Å². The van der Waals surface area contributed by atoms with Gasteiger partial charge in [-0.2, -0.15) is 0 Å². The van der Waals surface area contributed by atoms with Crippen LogP contribution in [0.5, 0.6) is 0 Å². The number of hydrogen-bond donors (Lipinski definition) is 1. The van der Waals surface area contributed by atoms with E-state index in [-0.39, 0.29) is 0 Å². The molecule has 1 aromatic carbocycles. The molecular formula is C20H19N3. The van der Waals surface area contributed by atoms with Crippen molar-refractivity contribution in [1.29, 1.82) is 0 Å². The van der Waals surface area contributed by atoms with E-state index in [0.717, 1.165) is 27.8 Å². The molecule has 2 heterocycles. The number of nitrogens with zero attached hydrogens (tertiary/aromatic N) is 2. The second kappa shape index (κ2) is 6.41. The average molecular weight is 301 g/mol. The lowest BCUT2D eigenvalue weighted by atomic mass is 10.1. The summed E-state index contributed by atoms with van der Waals surface area (Å²) in [4.78, 5) is 4.52. The highest BCUT2D eigenvalue weighted by atomic mass is 15.0. The topological polar surface area (TPSA) is 29.9 Å². The van der Waals surface area contributed by atoms with Crippen LogP contribution < -0.4 is 5.32 Å². The van der Waals surface area contributed by atoms with E-state index in [2.05, 4.69) is 53.8 Å². The third-order valence-electron chi connectivity index (χ3n) is 3.66. The van der Waals surface area contributed by atoms with Crippen LogP contribution in [0.1, 0.15) is 16.7 Å². The van der Waals surface area contributed by atoms with Gasteiger partial charge in [0.25, 0.3) is 0 Å². The number of anilines is 1. The van der Waals surface area contributed by atoms with Crippen LogP contribution in [0.4, 0.5) is 5.69 Å². The van der Waals surface area contributed by atoms with Crippen LogP contribution >= 0.6 is 0 Å². The standard InChI is InChI=1S/C20H19N3/c1-4-11-21-18-12-19-17(14-23(3)20(19)22-13-18)10-9-16-7-5-15(2)6-8-16/h4-8,12-14,21H,1,11H2,2-3H3. The van der Waals surface area contributed by atoms with Crippen molar-refractivity contribution in [3.63, 3.8) is 0 Å². The molecule has 114 valence electrons. The van der Waals surface area contributed by atoms with E-state index < -0.39 is 0 Å². The minimum atomic E-state index is 0.713. The van der Waals surface area contributed by atoms with E-state index in [1.54, 1.807) is 0 Å². The van der Waals surface area contributed by atoms with E-state index in [1.807, 2.05) is 42.2 Å². The molecule has 0 aliphatic carbocycles. The Bertz CT molecular complexity index is 906. The quantitative estimate of drug-likeness (QED) is 0.588. The average Bonchev–Trinajstić information content (AvgIpc) is 2.88. The molecule has 1 N–H and O–H groups in total. The Morgan fingerprint density at radius 1 is 1.26 bits per heavy atom. The smallest absolute Gasteiger partial charge is 0.141 e. The summed E-state index contributed by atoms with van der Waals surface area (Å²) in [7, 11) is 1.99. The summed E-state index contributed by atoms with van der Waals surface area (Å²) in [5.74, 6) is 6.50. The number of benzene rings is 1. The molecule has 0 spiro atoms. The van der Waals surface area contributed by atoms with Gasteiger partial charge in [-0.1, -0.05) is 35.6 Å². The molecule has 0 aliphatic rings. The Kier molecular flexibility index (Phi) is 4.16. The van der Waals surface area contributed by atoms with Crippen molar-refractivity contribution in [2.45, 2.75) is 6.92 Å². The molecule has 0 amide bonds. The second-order valence-electron chi connectivity index (χ2n) is 5.53. The molecule has 3 nitrogen and oxygen atoms in total. The van der Waals surface area contributed by atoms with Gasteiger partial charge in [0, 0.05) is 30.7 Å². The number of aryl methyl sites for hydroxylation is 2. The molecule has 3 rings (SSSR count). The third kappa shape index (κ3) is 3.27. The van der Waals surface area contributed by atoms with Gasteiger partial charge in [0.1, 0.15) is 5.65 Å². The highest BCUT2D eigenvalue weighted by Crippen LogP contribution is 2.21.